The number of carbonyl (C=O) groups is 1. The van der Waals surface area contributed by atoms with Crippen molar-refractivity contribution in [3.05, 3.63) is 11.3 Å². The highest BCUT2D eigenvalue weighted by molar-refractivity contribution is 7.83. The predicted octanol–water partition coefficient (Wildman–Crippen LogP) is 2.39. The van der Waals surface area contributed by atoms with E-state index in [0.29, 0.717) is 23.8 Å². The summed E-state index contributed by atoms with van der Waals surface area (Å²) in [4.78, 5) is 12.1. The van der Waals surface area contributed by atoms with Crippen LogP contribution in [0.5, 0.6) is 0 Å². The molecule has 20 heavy (non-hydrogen) atoms. The second-order valence-electron chi connectivity index (χ2n) is 6.73. The maximum absolute atomic E-state index is 12.1. The molecule has 6 heteroatoms. The molecule has 1 aliphatic rings. The van der Waals surface area contributed by atoms with Gasteiger partial charge in [-0.15, -0.1) is 0 Å². The van der Waals surface area contributed by atoms with Gasteiger partial charge in [0.15, 0.2) is 0 Å². The molecular weight excluding hydrogens is 274 g/mol. The van der Waals surface area contributed by atoms with Crippen molar-refractivity contribution < 1.29 is 9.00 Å². The van der Waals surface area contributed by atoms with Gasteiger partial charge in [-0.3, -0.25) is 9.00 Å². The van der Waals surface area contributed by atoms with Gasteiger partial charge < -0.3 is 5.32 Å². The van der Waals surface area contributed by atoms with Gasteiger partial charge in [0, 0.05) is 22.8 Å². The Bertz CT molecular complexity index is 556. The van der Waals surface area contributed by atoms with Crippen molar-refractivity contribution >= 4 is 22.5 Å². The lowest BCUT2D eigenvalue weighted by molar-refractivity contribution is -0.116. The maximum Gasteiger partial charge on any atom is 0.225 e. The molecule has 5 nitrogen and oxygen atoms in total. The van der Waals surface area contributed by atoms with Gasteiger partial charge >= 0.3 is 0 Å². The molecule has 1 aromatic rings. The Balaban J connectivity index is 2.35. The highest BCUT2D eigenvalue weighted by atomic mass is 32.2. The first-order valence-electron chi connectivity index (χ1n) is 6.94. The molecule has 0 aromatic carbocycles. The first-order valence-corrected chi connectivity index (χ1v) is 8.43. The Morgan fingerprint density at radius 2 is 2.05 bits per heavy atom. The number of hydrogen-bond acceptors (Lipinski definition) is 3. The van der Waals surface area contributed by atoms with E-state index in [1.54, 1.807) is 0 Å². The molecule has 1 amide bonds. The fraction of sp³-hybridized carbons (Fsp3) is 0.714. The van der Waals surface area contributed by atoms with Gasteiger partial charge in [-0.25, -0.2) is 4.68 Å². The third-order valence-electron chi connectivity index (χ3n) is 3.16. The van der Waals surface area contributed by atoms with Crippen LogP contribution in [-0.4, -0.2) is 19.9 Å². The van der Waals surface area contributed by atoms with Crippen LogP contribution in [0.2, 0.25) is 0 Å². The Labute approximate surface area is 122 Å². The summed E-state index contributed by atoms with van der Waals surface area (Å²) >= 11 is 0. The van der Waals surface area contributed by atoms with Crippen LogP contribution < -0.4 is 5.32 Å². The standard InChI is InChI=1S/C14H23N3O2S/c1-9(2)6-12(18)15-13-10-7-20(19)8-11(10)16-17(13)14(3,4)5/h9H,6-8H2,1-5H3,(H,15,18)/t20-/m1/s1. The van der Waals surface area contributed by atoms with Crippen LogP contribution >= 0.6 is 0 Å². The number of anilines is 1. The van der Waals surface area contributed by atoms with E-state index in [4.69, 9.17) is 0 Å². The van der Waals surface area contributed by atoms with E-state index in [2.05, 4.69) is 10.4 Å². The average Bonchev–Trinajstić information content (AvgIpc) is 2.74. The summed E-state index contributed by atoms with van der Waals surface area (Å²) in [6.45, 7) is 10.2. The van der Waals surface area contributed by atoms with E-state index < -0.39 is 10.8 Å². The van der Waals surface area contributed by atoms with Crippen molar-refractivity contribution in [2.24, 2.45) is 5.92 Å². The van der Waals surface area contributed by atoms with Crippen LogP contribution in [-0.2, 0) is 32.6 Å². The lowest BCUT2D eigenvalue weighted by atomic mass is 10.1. The van der Waals surface area contributed by atoms with Gasteiger partial charge in [0.05, 0.1) is 22.7 Å². The van der Waals surface area contributed by atoms with Crippen LogP contribution in [0.1, 0.15) is 52.3 Å². The third-order valence-corrected chi connectivity index (χ3v) is 4.36. The Morgan fingerprint density at radius 3 is 2.60 bits per heavy atom. The number of nitrogens with one attached hydrogen (secondary N) is 1. The summed E-state index contributed by atoms with van der Waals surface area (Å²) < 4.78 is 13.5. The monoisotopic (exact) mass is 297 g/mol. The maximum atomic E-state index is 12.1. The third kappa shape index (κ3) is 3.11. The minimum absolute atomic E-state index is 0.00844. The van der Waals surface area contributed by atoms with Gasteiger partial charge in [-0.1, -0.05) is 13.8 Å². The zero-order chi connectivity index (χ0) is 15.1. The first kappa shape index (κ1) is 15.2. The number of amides is 1. The normalized spacial score (nSPS) is 18.4. The molecule has 1 atom stereocenters. The molecule has 0 unspecified atom stereocenters. The van der Waals surface area contributed by atoms with Crippen LogP contribution in [0.4, 0.5) is 5.82 Å². The zero-order valence-electron chi connectivity index (χ0n) is 12.8. The van der Waals surface area contributed by atoms with Crippen molar-refractivity contribution in [3.63, 3.8) is 0 Å². The SMILES string of the molecule is CC(C)CC(=O)Nc1c2c(nn1C(C)(C)C)C[S@](=O)C2. The van der Waals surface area contributed by atoms with E-state index in [-0.39, 0.29) is 11.4 Å². The number of rotatable bonds is 3. The number of carbonyl (C=O) groups excluding carboxylic acids is 1. The molecule has 0 spiro atoms. The van der Waals surface area contributed by atoms with Gasteiger partial charge in [0.25, 0.3) is 0 Å². The van der Waals surface area contributed by atoms with Crippen LogP contribution in [0.25, 0.3) is 0 Å². The quantitative estimate of drug-likeness (QED) is 0.931. The van der Waals surface area contributed by atoms with Gasteiger partial charge in [0.1, 0.15) is 5.82 Å². The second kappa shape index (κ2) is 5.31. The molecule has 1 N–H and O–H groups in total. The van der Waals surface area contributed by atoms with Gasteiger partial charge in [-0.05, 0) is 26.7 Å². The molecule has 0 bridgehead atoms. The van der Waals surface area contributed by atoms with Crippen molar-refractivity contribution in [1.29, 1.82) is 0 Å². The molecule has 112 valence electrons. The molecule has 0 fully saturated rings. The Morgan fingerprint density at radius 1 is 1.40 bits per heavy atom. The Kier molecular flexibility index (Phi) is 4.04. The van der Waals surface area contributed by atoms with E-state index in [1.807, 2.05) is 39.3 Å². The second-order valence-corrected chi connectivity index (χ2v) is 8.19. The van der Waals surface area contributed by atoms with Crippen molar-refractivity contribution in [3.8, 4) is 0 Å². The Hall–Kier alpha value is -1.17. The first-order chi connectivity index (χ1) is 9.18. The summed E-state index contributed by atoms with van der Waals surface area (Å²) in [6.07, 6.45) is 0.479. The highest BCUT2D eigenvalue weighted by Crippen LogP contribution is 2.33. The van der Waals surface area contributed by atoms with Crippen molar-refractivity contribution in [2.75, 3.05) is 5.32 Å². The molecule has 0 aliphatic carbocycles. The van der Waals surface area contributed by atoms with Crippen molar-refractivity contribution in [1.82, 2.24) is 9.78 Å². The molecule has 2 heterocycles. The summed E-state index contributed by atoms with van der Waals surface area (Å²) in [7, 11) is -0.886. The van der Waals surface area contributed by atoms with Gasteiger partial charge in [0.2, 0.25) is 5.91 Å². The molecule has 1 aliphatic heterocycles. The number of aromatic nitrogens is 2. The van der Waals surface area contributed by atoms with Gasteiger partial charge in [-0.2, -0.15) is 5.10 Å². The van der Waals surface area contributed by atoms with Crippen molar-refractivity contribution in [2.45, 2.75) is 58.1 Å². The fourth-order valence-electron chi connectivity index (χ4n) is 2.30. The van der Waals surface area contributed by atoms with Crippen LogP contribution in [0.3, 0.4) is 0 Å². The van der Waals surface area contributed by atoms with E-state index in [1.165, 1.54) is 0 Å². The summed E-state index contributed by atoms with van der Waals surface area (Å²) in [5.41, 5.74) is 1.58. The number of fused-ring (bicyclic) bond motifs is 1. The minimum Gasteiger partial charge on any atom is -0.311 e. The van der Waals surface area contributed by atoms with E-state index in [0.717, 1.165) is 17.1 Å². The predicted molar refractivity (Wildman–Crippen MR) is 80.9 cm³/mol. The summed E-state index contributed by atoms with van der Waals surface area (Å²) in [5, 5.41) is 7.53. The molecule has 0 saturated carbocycles. The van der Waals surface area contributed by atoms with Crippen LogP contribution in [0, 0.1) is 5.92 Å². The van der Waals surface area contributed by atoms with Crippen LogP contribution in [0.15, 0.2) is 0 Å². The summed E-state index contributed by atoms with van der Waals surface area (Å²) in [5.74, 6) is 2.01. The zero-order valence-corrected chi connectivity index (χ0v) is 13.6. The number of nitrogens with zero attached hydrogens (tertiary/aromatic N) is 2. The highest BCUT2D eigenvalue weighted by Gasteiger charge is 2.31. The lowest BCUT2D eigenvalue weighted by Gasteiger charge is -2.23. The fourth-order valence-corrected chi connectivity index (χ4v) is 3.56. The largest absolute Gasteiger partial charge is 0.311 e. The average molecular weight is 297 g/mol. The molecule has 2 rings (SSSR count). The molecule has 0 saturated heterocycles. The van der Waals surface area contributed by atoms with E-state index in [9.17, 15) is 9.00 Å². The molecule has 0 radical (unpaired) electrons. The molecular formula is C14H23N3O2S. The lowest BCUT2D eigenvalue weighted by Crippen LogP contribution is -2.27. The molecule has 1 aromatic heterocycles. The minimum atomic E-state index is -0.886. The summed E-state index contributed by atoms with van der Waals surface area (Å²) in [6, 6.07) is 0. The van der Waals surface area contributed by atoms with E-state index >= 15 is 0 Å². The smallest absolute Gasteiger partial charge is 0.225 e. The topological polar surface area (TPSA) is 64.0 Å². The number of hydrogen-bond donors (Lipinski definition) is 1.